The summed E-state index contributed by atoms with van der Waals surface area (Å²) in [5.41, 5.74) is 2.76. The summed E-state index contributed by atoms with van der Waals surface area (Å²) in [5.74, 6) is -0.565. The SMILES string of the molecule is CC(C)O[P@@](=O)(c1ccc(N(C)C)cc1)[C@H](Nc1ccccc1)c1ccc(Cl)cc1. The monoisotopic (exact) mass is 442 g/mol. The number of nitrogens with one attached hydrogen (secondary N) is 1. The highest BCUT2D eigenvalue weighted by molar-refractivity contribution is 7.67. The molecule has 0 bridgehead atoms. The molecule has 158 valence electrons. The fraction of sp³-hybridized carbons (Fsp3) is 0.250. The molecule has 30 heavy (non-hydrogen) atoms. The maximum Gasteiger partial charge on any atom is 0.258 e. The Kier molecular flexibility index (Phi) is 7.25. The van der Waals surface area contributed by atoms with Crippen LogP contribution in [0.1, 0.15) is 25.2 Å². The van der Waals surface area contributed by atoms with E-state index in [-0.39, 0.29) is 6.10 Å². The van der Waals surface area contributed by atoms with Crippen LogP contribution in [0.25, 0.3) is 0 Å². The van der Waals surface area contributed by atoms with Crippen LogP contribution in [-0.2, 0) is 9.09 Å². The Balaban J connectivity index is 2.12. The molecule has 0 aliphatic heterocycles. The third-order valence-corrected chi connectivity index (χ3v) is 7.81. The smallest absolute Gasteiger partial charge is 0.258 e. The number of nitrogens with zero attached hydrogens (tertiary/aromatic N) is 1. The third-order valence-electron chi connectivity index (χ3n) is 4.70. The first-order valence-corrected chi connectivity index (χ1v) is 12.0. The predicted octanol–water partition coefficient (Wildman–Crippen LogP) is 6.55. The van der Waals surface area contributed by atoms with Crippen molar-refractivity contribution in [2.24, 2.45) is 0 Å². The number of rotatable bonds is 8. The summed E-state index contributed by atoms with van der Waals surface area (Å²) < 4.78 is 20.8. The van der Waals surface area contributed by atoms with Crippen molar-refractivity contribution in [3.8, 4) is 0 Å². The summed E-state index contributed by atoms with van der Waals surface area (Å²) >= 11 is 6.11. The van der Waals surface area contributed by atoms with Gasteiger partial charge >= 0.3 is 0 Å². The van der Waals surface area contributed by atoms with Gasteiger partial charge in [0.15, 0.2) is 0 Å². The second kappa shape index (κ2) is 9.70. The molecule has 0 saturated heterocycles. The lowest BCUT2D eigenvalue weighted by Gasteiger charge is -2.31. The maximum atomic E-state index is 14.6. The van der Waals surface area contributed by atoms with Crippen molar-refractivity contribution < 1.29 is 9.09 Å². The molecule has 0 aliphatic rings. The van der Waals surface area contributed by atoms with E-state index < -0.39 is 13.2 Å². The van der Waals surface area contributed by atoms with E-state index in [1.54, 1.807) is 0 Å². The minimum absolute atomic E-state index is 0.211. The summed E-state index contributed by atoms with van der Waals surface area (Å²) in [6.45, 7) is 3.81. The molecule has 0 aromatic heterocycles. The molecule has 4 nitrogen and oxygen atoms in total. The van der Waals surface area contributed by atoms with Crippen LogP contribution in [0.3, 0.4) is 0 Å². The molecule has 3 rings (SSSR count). The van der Waals surface area contributed by atoms with Gasteiger partial charge < -0.3 is 14.7 Å². The van der Waals surface area contributed by atoms with Crippen molar-refractivity contribution in [1.82, 2.24) is 0 Å². The van der Waals surface area contributed by atoms with Crippen LogP contribution in [0.2, 0.25) is 5.02 Å². The molecule has 3 aromatic carbocycles. The highest BCUT2D eigenvalue weighted by Crippen LogP contribution is 2.59. The van der Waals surface area contributed by atoms with Crippen molar-refractivity contribution in [3.05, 3.63) is 89.4 Å². The van der Waals surface area contributed by atoms with Crippen LogP contribution in [0.4, 0.5) is 11.4 Å². The molecule has 0 saturated carbocycles. The second-order valence-corrected chi connectivity index (χ2v) is 10.5. The van der Waals surface area contributed by atoms with E-state index in [1.807, 2.05) is 112 Å². The summed E-state index contributed by atoms with van der Waals surface area (Å²) in [5, 5.41) is 4.76. The van der Waals surface area contributed by atoms with E-state index in [2.05, 4.69) is 5.32 Å². The third kappa shape index (κ3) is 5.26. The molecule has 0 fully saturated rings. The zero-order chi connectivity index (χ0) is 21.7. The lowest BCUT2D eigenvalue weighted by Crippen LogP contribution is -2.22. The van der Waals surface area contributed by atoms with Gasteiger partial charge in [0.1, 0.15) is 5.78 Å². The Labute approximate surface area is 184 Å². The number of halogens is 1. The maximum absolute atomic E-state index is 14.6. The van der Waals surface area contributed by atoms with Crippen LogP contribution < -0.4 is 15.5 Å². The van der Waals surface area contributed by atoms with Gasteiger partial charge in [0.05, 0.1) is 6.10 Å². The number of para-hydroxylation sites is 1. The van der Waals surface area contributed by atoms with Crippen LogP contribution in [0, 0.1) is 0 Å². The van der Waals surface area contributed by atoms with Gasteiger partial charge in [0.25, 0.3) is 7.37 Å². The second-order valence-electron chi connectivity index (χ2n) is 7.63. The molecular weight excluding hydrogens is 415 g/mol. The summed E-state index contributed by atoms with van der Waals surface area (Å²) in [6, 6.07) is 24.9. The van der Waals surface area contributed by atoms with Crippen molar-refractivity contribution in [1.29, 1.82) is 0 Å². The first-order valence-electron chi connectivity index (χ1n) is 9.93. The molecule has 2 atom stereocenters. The van der Waals surface area contributed by atoms with Gasteiger partial charge in [-0.05, 0) is 67.9 Å². The summed E-state index contributed by atoms with van der Waals surface area (Å²) in [7, 11) is 0.594. The molecule has 6 heteroatoms. The van der Waals surface area contributed by atoms with Gasteiger partial charge in [0.2, 0.25) is 0 Å². The first-order chi connectivity index (χ1) is 14.3. The molecule has 0 unspecified atom stereocenters. The van der Waals surface area contributed by atoms with Crippen LogP contribution in [-0.4, -0.2) is 20.2 Å². The van der Waals surface area contributed by atoms with Gasteiger partial charge in [-0.2, -0.15) is 0 Å². The standard InChI is InChI=1S/C24H28ClN2O2P/c1-18(2)29-30(28,23-16-14-22(15-17-23)27(3)4)24(19-10-12-20(25)13-11-19)26-21-8-6-5-7-9-21/h5-18,24,26H,1-4H3/t24-,30-/m0/s1. The lowest BCUT2D eigenvalue weighted by molar-refractivity contribution is 0.245. The van der Waals surface area contributed by atoms with E-state index >= 15 is 0 Å². The Morgan fingerprint density at radius 2 is 1.50 bits per heavy atom. The Bertz CT molecular complexity index is 990. The normalized spacial score (nSPS) is 14.2. The van der Waals surface area contributed by atoms with E-state index in [0.29, 0.717) is 10.3 Å². The summed E-state index contributed by atoms with van der Waals surface area (Å²) in [6.07, 6.45) is -0.211. The molecule has 1 N–H and O–H groups in total. The average Bonchev–Trinajstić information content (AvgIpc) is 2.73. The fourth-order valence-corrected chi connectivity index (χ4v) is 5.99. The van der Waals surface area contributed by atoms with Gasteiger partial charge in [-0.15, -0.1) is 0 Å². The highest BCUT2D eigenvalue weighted by Gasteiger charge is 2.38. The topological polar surface area (TPSA) is 41.6 Å². The molecule has 3 aromatic rings. The Morgan fingerprint density at radius 1 is 0.900 bits per heavy atom. The van der Waals surface area contributed by atoms with Crippen molar-refractivity contribution in [2.45, 2.75) is 25.7 Å². The van der Waals surface area contributed by atoms with Crippen LogP contribution in [0.5, 0.6) is 0 Å². The molecule has 0 radical (unpaired) electrons. The van der Waals surface area contributed by atoms with Crippen LogP contribution >= 0.6 is 19.0 Å². The number of hydrogen-bond donors (Lipinski definition) is 1. The molecule has 0 aliphatic carbocycles. The highest BCUT2D eigenvalue weighted by atomic mass is 35.5. The molecule has 0 heterocycles. The van der Waals surface area contributed by atoms with Gasteiger partial charge in [-0.3, -0.25) is 4.57 Å². The van der Waals surface area contributed by atoms with Gasteiger partial charge in [-0.1, -0.05) is 41.9 Å². The first kappa shape index (κ1) is 22.4. The minimum atomic E-state index is -3.36. The zero-order valence-corrected chi connectivity index (χ0v) is 19.4. The Morgan fingerprint density at radius 3 is 2.03 bits per heavy atom. The van der Waals surface area contributed by atoms with Crippen molar-refractivity contribution in [2.75, 3.05) is 24.3 Å². The Hall–Kier alpha value is -2.26. The number of benzene rings is 3. The predicted molar refractivity (Wildman–Crippen MR) is 128 cm³/mol. The van der Waals surface area contributed by atoms with E-state index in [0.717, 1.165) is 16.9 Å². The van der Waals surface area contributed by atoms with E-state index in [4.69, 9.17) is 16.1 Å². The number of hydrogen-bond acceptors (Lipinski definition) is 4. The van der Waals surface area contributed by atoms with Gasteiger partial charge in [-0.25, -0.2) is 0 Å². The molecule has 0 spiro atoms. The zero-order valence-electron chi connectivity index (χ0n) is 17.7. The largest absolute Gasteiger partial charge is 0.378 e. The van der Waals surface area contributed by atoms with Crippen molar-refractivity contribution >= 4 is 35.6 Å². The molecule has 0 amide bonds. The average molecular weight is 443 g/mol. The fourth-order valence-electron chi connectivity index (χ4n) is 3.24. The van der Waals surface area contributed by atoms with Crippen LogP contribution in [0.15, 0.2) is 78.9 Å². The van der Waals surface area contributed by atoms with E-state index in [1.165, 1.54) is 0 Å². The lowest BCUT2D eigenvalue weighted by atomic mass is 10.2. The summed E-state index contributed by atoms with van der Waals surface area (Å²) in [4.78, 5) is 2.01. The van der Waals surface area contributed by atoms with Gasteiger partial charge in [0, 0.05) is 35.8 Å². The van der Waals surface area contributed by atoms with E-state index in [9.17, 15) is 4.57 Å². The number of anilines is 2. The minimum Gasteiger partial charge on any atom is -0.378 e. The van der Waals surface area contributed by atoms with Crippen molar-refractivity contribution in [3.63, 3.8) is 0 Å². The quantitative estimate of drug-likeness (QED) is 0.402. The molecular formula is C24H28ClN2O2P.